The van der Waals surface area contributed by atoms with Gasteiger partial charge in [-0.3, -0.25) is 9.59 Å². The first kappa shape index (κ1) is 16.6. The average molecular weight is 322 g/mol. The molecule has 1 aromatic carbocycles. The fourth-order valence-electron chi connectivity index (χ4n) is 2.35. The van der Waals surface area contributed by atoms with Crippen LogP contribution in [0.3, 0.4) is 0 Å². The summed E-state index contributed by atoms with van der Waals surface area (Å²) < 4.78 is 10.2. The number of methoxy groups -OCH3 is 1. The van der Waals surface area contributed by atoms with Gasteiger partial charge in [-0.1, -0.05) is 6.07 Å². The molecule has 5 N–H and O–H groups in total. The predicted octanol–water partition coefficient (Wildman–Crippen LogP) is -1.29. The molecule has 1 unspecified atom stereocenters. The third kappa shape index (κ3) is 3.54. The maximum atomic E-state index is 11.6. The fourth-order valence-corrected chi connectivity index (χ4v) is 2.35. The Morgan fingerprint density at radius 1 is 1.48 bits per heavy atom. The summed E-state index contributed by atoms with van der Waals surface area (Å²) in [6, 6.07) is 3.05. The van der Waals surface area contributed by atoms with Gasteiger partial charge in [-0.15, -0.1) is 0 Å². The summed E-state index contributed by atoms with van der Waals surface area (Å²) in [5.41, 5.74) is 5.20. The van der Waals surface area contributed by atoms with Crippen LogP contribution in [0, 0.1) is 0 Å². The van der Waals surface area contributed by atoms with E-state index in [0.29, 0.717) is 5.56 Å². The number of carboxylic acid groups (broad SMARTS) is 1. The second-order valence-electron chi connectivity index (χ2n) is 4.97. The highest BCUT2D eigenvalue weighted by molar-refractivity contribution is 6.47. The Labute approximate surface area is 131 Å². The normalized spacial score (nSPS) is 16.1. The quantitative estimate of drug-likeness (QED) is 0.389. The summed E-state index contributed by atoms with van der Waals surface area (Å²) in [4.78, 5) is 33.6. The number of hydrogen-bond donors (Lipinski definition) is 4. The molecule has 0 spiro atoms. The molecule has 0 bridgehead atoms. The zero-order valence-electron chi connectivity index (χ0n) is 12.2. The third-order valence-corrected chi connectivity index (χ3v) is 3.34. The molecule has 0 saturated carbocycles. The fraction of sp³-hybridized carbons (Fsp3) is 0.308. The van der Waals surface area contributed by atoms with Crippen LogP contribution in [-0.4, -0.2) is 48.1 Å². The maximum Gasteiger partial charge on any atom is 0.547 e. The van der Waals surface area contributed by atoms with Crippen molar-refractivity contribution in [3.8, 4) is 11.5 Å². The van der Waals surface area contributed by atoms with Crippen molar-refractivity contribution < 1.29 is 33.9 Å². The first-order chi connectivity index (χ1) is 10.8. The number of carbonyl (C=O) groups is 3. The minimum Gasteiger partial charge on any atom is -0.534 e. The molecule has 1 atom stereocenters. The number of ether oxygens (including phenoxy) is 1. The highest BCUT2D eigenvalue weighted by Gasteiger charge is 2.38. The van der Waals surface area contributed by atoms with Gasteiger partial charge in [0.25, 0.3) is 0 Å². The van der Waals surface area contributed by atoms with Crippen LogP contribution in [0.25, 0.3) is 0 Å². The number of primary amides is 1. The molecule has 1 aromatic rings. The molecular formula is C13H15BN2O7. The highest BCUT2D eigenvalue weighted by atomic mass is 16.5. The number of aromatic carboxylic acids is 1. The van der Waals surface area contributed by atoms with Crippen LogP contribution in [0.4, 0.5) is 0 Å². The van der Waals surface area contributed by atoms with E-state index in [1.807, 2.05) is 0 Å². The SMILES string of the molecule is COc1ccc2c(c1C(=O)O)OB(O)C(NC(=O)CC(N)=O)C2. The molecular weight excluding hydrogens is 307 g/mol. The van der Waals surface area contributed by atoms with Crippen LogP contribution in [0.5, 0.6) is 11.5 Å². The number of hydrogen-bond acceptors (Lipinski definition) is 6. The van der Waals surface area contributed by atoms with Gasteiger partial charge in [0, 0.05) is 0 Å². The Hall–Kier alpha value is -2.75. The molecule has 1 aliphatic rings. The van der Waals surface area contributed by atoms with Crippen molar-refractivity contribution in [2.45, 2.75) is 18.8 Å². The van der Waals surface area contributed by atoms with Gasteiger partial charge in [-0.25, -0.2) is 4.79 Å². The second-order valence-corrected chi connectivity index (χ2v) is 4.97. The monoisotopic (exact) mass is 322 g/mol. The zero-order chi connectivity index (χ0) is 17.1. The van der Waals surface area contributed by atoms with E-state index in [1.54, 1.807) is 6.07 Å². The number of nitrogens with two attached hydrogens (primary N) is 1. The van der Waals surface area contributed by atoms with Crippen LogP contribution in [0.15, 0.2) is 12.1 Å². The van der Waals surface area contributed by atoms with Gasteiger partial charge in [-0.05, 0) is 18.1 Å². The van der Waals surface area contributed by atoms with Crippen LogP contribution in [0.1, 0.15) is 22.3 Å². The number of rotatable bonds is 5. The van der Waals surface area contributed by atoms with Crippen molar-refractivity contribution in [1.82, 2.24) is 5.32 Å². The van der Waals surface area contributed by atoms with Gasteiger partial charge in [-0.2, -0.15) is 0 Å². The summed E-state index contributed by atoms with van der Waals surface area (Å²) in [6.45, 7) is 0. The lowest BCUT2D eigenvalue weighted by molar-refractivity contribution is -0.127. The molecule has 10 heteroatoms. The number of amides is 2. The third-order valence-electron chi connectivity index (χ3n) is 3.34. The lowest BCUT2D eigenvalue weighted by Gasteiger charge is -2.29. The van der Waals surface area contributed by atoms with Crippen LogP contribution in [-0.2, 0) is 16.0 Å². The Morgan fingerprint density at radius 2 is 2.17 bits per heavy atom. The van der Waals surface area contributed by atoms with Crippen LogP contribution < -0.4 is 20.4 Å². The molecule has 2 rings (SSSR count). The van der Waals surface area contributed by atoms with Crippen molar-refractivity contribution in [1.29, 1.82) is 0 Å². The molecule has 23 heavy (non-hydrogen) atoms. The highest BCUT2D eigenvalue weighted by Crippen LogP contribution is 2.36. The van der Waals surface area contributed by atoms with Gasteiger partial charge in [0.15, 0.2) is 0 Å². The van der Waals surface area contributed by atoms with Gasteiger partial charge < -0.3 is 30.6 Å². The topological polar surface area (TPSA) is 148 Å². The Morgan fingerprint density at radius 3 is 2.74 bits per heavy atom. The van der Waals surface area contributed by atoms with Crippen LogP contribution >= 0.6 is 0 Å². The molecule has 1 heterocycles. The summed E-state index contributed by atoms with van der Waals surface area (Å²) in [6.07, 6.45) is -0.385. The van der Waals surface area contributed by atoms with Gasteiger partial charge in [0.2, 0.25) is 11.8 Å². The smallest absolute Gasteiger partial charge is 0.534 e. The molecule has 122 valence electrons. The first-order valence-electron chi connectivity index (χ1n) is 6.69. The largest absolute Gasteiger partial charge is 0.547 e. The standard InChI is InChI=1S/C13H15BN2O7/c1-22-7-3-2-6-4-8(16-10(18)5-9(15)17)14(21)23-12(6)11(7)13(19)20/h2-3,8,21H,4-5H2,1H3,(H2,15,17)(H,16,18)(H,19,20). The average Bonchev–Trinajstić information content (AvgIpc) is 2.45. The van der Waals surface area contributed by atoms with E-state index in [-0.39, 0.29) is 23.5 Å². The summed E-state index contributed by atoms with van der Waals surface area (Å²) in [5, 5.41) is 21.7. The molecule has 2 amide bonds. The van der Waals surface area contributed by atoms with E-state index in [1.165, 1.54) is 13.2 Å². The number of nitrogens with one attached hydrogen (secondary N) is 1. The minimum absolute atomic E-state index is 0.00949. The molecule has 0 aliphatic carbocycles. The molecule has 0 aromatic heterocycles. The van der Waals surface area contributed by atoms with Crippen molar-refractivity contribution >= 4 is 24.9 Å². The van der Waals surface area contributed by atoms with E-state index < -0.39 is 37.3 Å². The summed E-state index contributed by atoms with van der Waals surface area (Å²) in [5.74, 6) is -3.46. The van der Waals surface area contributed by atoms with Crippen molar-refractivity contribution in [3.63, 3.8) is 0 Å². The summed E-state index contributed by atoms with van der Waals surface area (Å²) >= 11 is 0. The van der Waals surface area contributed by atoms with Crippen molar-refractivity contribution in [2.75, 3.05) is 7.11 Å². The van der Waals surface area contributed by atoms with E-state index in [0.717, 1.165) is 0 Å². The van der Waals surface area contributed by atoms with E-state index in [4.69, 9.17) is 15.1 Å². The second kappa shape index (κ2) is 6.57. The number of carboxylic acids is 1. The Kier molecular flexibility index (Phi) is 4.75. The van der Waals surface area contributed by atoms with Gasteiger partial charge in [0.05, 0.1) is 13.1 Å². The zero-order valence-corrected chi connectivity index (χ0v) is 12.2. The maximum absolute atomic E-state index is 11.6. The van der Waals surface area contributed by atoms with E-state index >= 15 is 0 Å². The molecule has 1 aliphatic heterocycles. The Bertz CT molecular complexity index is 664. The molecule has 0 fully saturated rings. The van der Waals surface area contributed by atoms with Crippen molar-refractivity contribution in [3.05, 3.63) is 23.3 Å². The lowest BCUT2D eigenvalue weighted by atomic mass is 9.72. The lowest BCUT2D eigenvalue weighted by Crippen LogP contribution is -2.53. The number of benzene rings is 1. The predicted molar refractivity (Wildman–Crippen MR) is 78.0 cm³/mol. The minimum atomic E-state index is -1.47. The van der Waals surface area contributed by atoms with E-state index in [2.05, 4.69) is 5.32 Å². The van der Waals surface area contributed by atoms with E-state index in [9.17, 15) is 24.5 Å². The molecule has 9 nitrogen and oxygen atoms in total. The molecule has 0 saturated heterocycles. The van der Waals surface area contributed by atoms with Gasteiger partial charge >= 0.3 is 13.1 Å². The number of carbonyl (C=O) groups excluding carboxylic acids is 2. The Balaban J connectivity index is 2.27. The van der Waals surface area contributed by atoms with Crippen LogP contribution in [0.2, 0.25) is 0 Å². The first-order valence-corrected chi connectivity index (χ1v) is 6.69. The number of fused-ring (bicyclic) bond motifs is 1. The molecule has 0 radical (unpaired) electrons. The summed E-state index contributed by atoms with van der Waals surface area (Å²) in [7, 11) is -0.148. The van der Waals surface area contributed by atoms with Gasteiger partial charge in [0.1, 0.15) is 23.5 Å². The van der Waals surface area contributed by atoms with Crippen molar-refractivity contribution in [2.24, 2.45) is 5.73 Å².